The van der Waals surface area contributed by atoms with Gasteiger partial charge >= 0.3 is 0 Å². The van der Waals surface area contributed by atoms with Crippen molar-refractivity contribution >= 4 is 17.5 Å². The summed E-state index contributed by atoms with van der Waals surface area (Å²) in [5, 5.41) is 1.96. The van der Waals surface area contributed by atoms with Gasteiger partial charge in [0.2, 0.25) is 5.91 Å². The summed E-state index contributed by atoms with van der Waals surface area (Å²) in [6, 6.07) is 12.7. The van der Waals surface area contributed by atoms with Crippen molar-refractivity contribution in [3.63, 3.8) is 0 Å². The van der Waals surface area contributed by atoms with Crippen molar-refractivity contribution in [1.82, 2.24) is 4.98 Å². The maximum absolute atomic E-state index is 12.4. The molecule has 0 unspecified atom stereocenters. The van der Waals surface area contributed by atoms with Crippen LogP contribution >= 0.6 is 0 Å². The average molecular weight is 296 g/mol. The third-order valence-corrected chi connectivity index (χ3v) is 3.83. The smallest absolute Gasteiger partial charge is 0.292 e. The molecule has 1 atom stereocenters. The summed E-state index contributed by atoms with van der Waals surface area (Å²) >= 11 is 0. The maximum atomic E-state index is 12.4. The molecule has 112 valence electrons. The van der Waals surface area contributed by atoms with Crippen LogP contribution in [0.1, 0.15) is 12.0 Å². The van der Waals surface area contributed by atoms with Crippen LogP contribution in [0, 0.1) is 0 Å². The van der Waals surface area contributed by atoms with Crippen molar-refractivity contribution in [2.75, 3.05) is 11.4 Å². The van der Waals surface area contributed by atoms with Crippen LogP contribution in [-0.2, 0) is 16.0 Å². The van der Waals surface area contributed by atoms with Crippen molar-refractivity contribution < 1.29 is 14.9 Å². The highest BCUT2D eigenvalue weighted by molar-refractivity contribution is 6.21. The Kier molecular flexibility index (Phi) is 4.25. The molecule has 5 nitrogen and oxygen atoms in total. The normalized spacial score (nSPS) is 18.0. The Morgan fingerprint density at radius 1 is 1.09 bits per heavy atom. The molecule has 3 rings (SSSR count). The standard InChI is InChI=1S/C17H17N3O2/c21-16-12-15(19-11-8-13-6-9-18-10-7-13)17(22)20(16)14-4-2-1-3-5-14/h1-7,9-10,15,19H,8,11-12H2/p+1/t15-/m1/s1. The molecule has 0 saturated carbocycles. The first-order chi connectivity index (χ1) is 10.8. The number of benzene rings is 1. The molecule has 5 heteroatoms. The van der Waals surface area contributed by atoms with Crippen molar-refractivity contribution in [3.8, 4) is 0 Å². The van der Waals surface area contributed by atoms with E-state index in [4.69, 9.17) is 0 Å². The number of carbonyl (C=O) groups excluding carboxylic acids is 2. The molecule has 2 N–H and O–H groups in total. The number of imide groups is 1. The van der Waals surface area contributed by atoms with Crippen LogP contribution in [0.2, 0.25) is 0 Å². The largest absolute Gasteiger partial charge is 0.335 e. The molecule has 1 fully saturated rings. The quantitative estimate of drug-likeness (QED) is 0.818. The lowest BCUT2D eigenvalue weighted by molar-refractivity contribution is -0.674. The van der Waals surface area contributed by atoms with E-state index in [1.807, 2.05) is 35.6 Å². The molecule has 0 radical (unpaired) electrons. The van der Waals surface area contributed by atoms with Gasteiger partial charge in [-0.15, -0.1) is 0 Å². The Bertz CT molecular complexity index is 658. The molecule has 1 aliphatic heterocycles. The number of anilines is 1. The Morgan fingerprint density at radius 2 is 1.82 bits per heavy atom. The van der Waals surface area contributed by atoms with Gasteiger partial charge in [0.25, 0.3) is 5.91 Å². The van der Waals surface area contributed by atoms with Gasteiger partial charge in [0, 0.05) is 18.8 Å². The molecule has 2 amide bonds. The van der Waals surface area contributed by atoms with Gasteiger partial charge in [0.15, 0.2) is 6.04 Å². The summed E-state index contributed by atoms with van der Waals surface area (Å²) in [6.45, 7) is 0.774. The van der Waals surface area contributed by atoms with Gasteiger partial charge < -0.3 is 5.32 Å². The third kappa shape index (κ3) is 3.04. The van der Waals surface area contributed by atoms with Gasteiger partial charge in [-0.25, -0.2) is 4.90 Å². The van der Waals surface area contributed by atoms with Crippen LogP contribution < -0.4 is 10.2 Å². The molecule has 0 bridgehead atoms. The van der Waals surface area contributed by atoms with E-state index in [9.17, 15) is 9.59 Å². The van der Waals surface area contributed by atoms with E-state index in [0.29, 0.717) is 5.69 Å². The molecular weight excluding hydrogens is 278 g/mol. The number of pyridine rings is 1. The van der Waals surface area contributed by atoms with Gasteiger partial charge in [-0.2, -0.15) is 0 Å². The first-order valence-electron chi connectivity index (χ1n) is 7.40. The lowest BCUT2D eigenvalue weighted by atomic mass is 10.2. The highest BCUT2D eigenvalue weighted by Crippen LogP contribution is 2.20. The first kappa shape index (κ1) is 14.4. The summed E-state index contributed by atoms with van der Waals surface area (Å²) in [6.07, 6.45) is 4.64. The molecule has 1 aliphatic rings. The lowest BCUT2D eigenvalue weighted by Crippen LogP contribution is -2.92. The van der Waals surface area contributed by atoms with E-state index in [-0.39, 0.29) is 24.3 Å². The molecule has 22 heavy (non-hydrogen) atoms. The summed E-state index contributed by atoms with van der Waals surface area (Å²) < 4.78 is 0. The number of quaternary nitrogens is 1. The van der Waals surface area contributed by atoms with Gasteiger partial charge in [0.1, 0.15) is 0 Å². The average Bonchev–Trinajstić information content (AvgIpc) is 2.83. The fraction of sp³-hybridized carbons (Fsp3) is 0.235. The number of amides is 2. The van der Waals surface area contributed by atoms with Crippen molar-refractivity contribution in [3.05, 3.63) is 60.4 Å². The zero-order chi connectivity index (χ0) is 15.4. The Labute approximate surface area is 129 Å². The monoisotopic (exact) mass is 296 g/mol. The van der Waals surface area contributed by atoms with E-state index in [0.717, 1.165) is 13.0 Å². The fourth-order valence-corrected chi connectivity index (χ4v) is 2.69. The molecule has 0 spiro atoms. The van der Waals surface area contributed by atoms with E-state index < -0.39 is 0 Å². The van der Waals surface area contributed by atoms with E-state index in [1.54, 1.807) is 24.5 Å². The predicted octanol–water partition coefficient (Wildman–Crippen LogP) is 0.520. The van der Waals surface area contributed by atoms with Crippen molar-refractivity contribution in [2.45, 2.75) is 18.9 Å². The topological polar surface area (TPSA) is 66.9 Å². The number of hydrogen-bond donors (Lipinski definition) is 1. The number of rotatable bonds is 5. The fourth-order valence-electron chi connectivity index (χ4n) is 2.69. The van der Waals surface area contributed by atoms with Crippen LogP contribution in [0.4, 0.5) is 5.69 Å². The van der Waals surface area contributed by atoms with Gasteiger partial charge in [-0.05, 0) is 29.8 Å². The number of carbonyl (C=O) groups is 2. The number of aromatic nitrogens is 1. The Balaban J connectivity index is 1.60. The zero-order valence-corrected chi connectivity index (χ0v) is 12.2. The van der Waals surface area contributed by atoms with E-state index in [1.165, 1.54) is 10.5 Å². The highest BCUT2D eigenvalue weighted by Gasteiger charge is 2.41. The second kappa shape index (κ2) is 6.49. The SMILES string of the molecule is O=C1C[C@@H]([NH2+]CCc2ccncc2)C(=O)N1c1ccccc1. The molecule has 1 aromatic heterocycles. The van der Waals surface area contributed by atoms with Gasteiger partial charge in [-0.1, -0.05) is 18.2 Å². The number of para-hydroxylation sites is 1. The van der Waals surface area contributed by atoms with Crippen molar-refractivity contribution in [2.24, 2.45) is 0 Å². The van der Waals surface area contributed by atoms with Crippen LogP contribution in [-0.4, -0.2) is 29.4 Å². The third-order valence-electron chi connectivity index (χ3n) is 3.83. The number of nitrogens with zero attached hydrogens (tertiary/aromatic N) is 2. The minimum atomic E-state index is -0.311. The van der Waals surface area contributed by atoms with Crippen LogP contribution in [0.25, 0.3) is 0 Å². The van der Waals surface area contributed by atoms with Crippen LogP contribution in [0.3, 0.4) is 0 Å². The van der Waals surface area contributed by atoms with E-state index in [2.05, 4.69) is 4.98 Å². The summed E-state index contributed by atoms with van der Waals surface area (Å²) in [7, 11) is 0. The minimum Gasteiger partial charge on any atom is -0.335 e. The Morgan fingerprint density at radius 3 is 2.55 bits per heavy atom. The van der Waals surface area contributed by atoms with Crippen LogP contribution in [0.15, 0.2) is 54.9 Å². The lowest BCUT2D eigenvalue weighted by Gasteiger charge is -2.13. The van der Waals surface area contributed by atoms with E-state index >= 15 is 0 Å². The summed E-state index contributed by atoms with van der Waals surface area (Å²) in [4.78, 5) is 29.8. The Hall–Kier alpha value is -2.53. The maximum Gasteiger partial charge on any atom is 0.292 e. The second-order valence-electron chi connectivity index (χ2n) is 5.34. The predicted molar refractivity (Wildman–Crippen MR) is 82.1 cm³/mol. The van der Waals surface area contributed by atoms with Gasteiger partial charge in [0.05, 0.1) is 18.7 Å². The number of nitrogens with two attached hydrogens (primary N) is 1. The van der Waals surface area contributed by atoms with Crippen molar-refractivity contribution in [1.29, 1.82) is 0 Å². The molecule has 1 aromatic carbocycles. The second-order valence-corrected chi connectivity index (χ2v) is 5.34. The molecule has 2 heterocycles. The molecule has 1 saturated heterocycles. The highest BCUT2D eigenvalue weighted by atomic mass is 16.2. The van der Waals surface area contributed by atoms with Crippen LogP contribution in [0.5, 0.6) is 0 Å². The first-order valence-corrected chi connectivity index (χ1v) is 7.40. The molecule has 0 aliphatic carbocycles. The molecule has 2 aromatic rings. The summed E-state index contributed by atoms with van der Waals surface area (Å²) in [5.41, 5.74) is 1.84. The minimum absolute atomic E-state index is 0.120. The van der Waals surface area contributed by atoms with Gasteiger partial charge in [-0.3, -0.25) is 14.6 Å². The number of hydrogen-bond acceptors (Lipinski definition) is 3. The zero-order valence-electron chi connectivity index (χ0n) is 12.2. The molecular formula is C17H18N3O2+. The summed E-state index contributed by atoms with van der Waals surface area (Å²) in [5.74, 6) is -0.243.